The molecular formula is C11H11N5O4. The summed E-state index contributed by atoms with van der Waals surface area (Å²) in [6.45, 7) is 1.84. The van der Waals surface area contributed by atoms with Crippen LogP contribution in [0.25, 0.3) is 0 Å². The Morgan fingerprint density at radius 3 is 2.90 bits per heavy atom. The van der Waals surface area contributed by atoms with Gasteiger partial charge >= 0.3 is 0 Å². The first-order valence-electron chi connectivity index (χ1n) is 5.71. The molecule has 3 N–H and O–H groups in total. The molecule has 0 atom stereocenters. The van der Waals surface area contributed by atoms with Crippen molar-refractivity contribution < 1.29 is 14.8 Å². The number of rotatable bonds is 4. The number of H-pyrrole nitrogens is 1. The van der Waals surface area contributed by atoms with Gasteiger partial charge in [0.1, 0.15) is 11.6 Å². The molecule has 0 radical (unpaired) electrons. The second kappa shape index (κ2) is 5.34. The number of benzene rings is 1. The number of aryl methyl sites for hydroxylation is 1. The molecule has 0 saturated heterocycles. The van der Waals surface area contributed by atoms with E-state index >= 15 is 0 Å². The molecule has 0 spiro atoms. The molecule has 1 aromatic carbocycles. The van der Waals surface area contributed by atoms with Crippen LogP contribution in [0.5, 0.6) is 5.75 Å². The van der Waals surface area contributed by atoms with Gasteiger partial charge in [-0.3, -0.25) is 20.0 Å². The van der Waals surface area contributed by atoms with Crippen molar-refractivity contribution >= 4 is 17.3 Å². The van der Waals surface area contributed by atoms with Gasteiger partial charge in [0, 0.05) is 18.6 Å². The Hall–Kier alpha value is -2.97. The summed E-state index contributed by atoms with van der Waals surface area (Å²) in [5.74, 6) is -0.516. The number of nitro benzene ring substituents is 1. The van der Waals surface area contributed by atoms with Gasteiger partial charge in [-0.25, -0.2) is 4.98 Å². The minimum Gasteiger partial charge on any atom is -0.506 e. The maximum atomic E-state index is 11.8. The van der Waals surface area contributed by atoms with Crippen molar-refractivity contribution in [2.45, 2.75) is 13.3 Å². The van der Waals surface area contributed by atoms with Crippen LogP contribution in [-0.2, 0) is 6.42 Å². The van der Waals surface area contributed by atoms with Gasteiger partial charge < -0.3 is 10.4 Å². The van der Waals surface area contributed by atoms with Crippen molar-refractivity contribution in [3.05, 3.63) is 40.0 Å². The number of nitrogens with one attached hydrogen (secondary N) is 2. The molecule has 0 fully saturated rings. The topological polar surface area (TPSA) is 134 Å². The molecule has 1 heterocycles. The Morgan fingerprint density at radius 1 is 1.55 bits per heavy atom. The number of hydrogen-bond donors (Lipinski definition) is 3. The first-order valence-corrected chi connectivity index (χ1v) is 5.71. The normalized spacial score (nSPS) is 10.2. The molecule has 20 heavy (non-hydrogen) atoms. The van der Waals surface area contributed by atoms with Crippen LogP contribution in [-0.4, -0.2) is 31.1 Å². The van der Waals surface area contributed by atoms with E-state index in [1.165, 1.54) is 0 Å². The lowest BCUT2D eigenvalue weighted by Gasteiger charge is -2.04. The minimum atomic E-state index is -0.670. The van der Waals surface area contributed by atoms with Crippen LogP contribution in [0.2, 0.25) is 0 Å². The van der Waals surface area contributed by atoms with Gasteiger partial charge in [0.25, 0.3) is 11.6 Å². The Kier molecular flexibility index (Phi) is 3.60. The SMILES string of the molecule is CCc1nc(C(=O)Nc2cc([N+](=O)[O-])ccc2O)n[nH]1. The molecule has 0 aliphatic rings. The molecule has 0 aliphatic heterocycles. The molecule has 1 amide bonds. The number of carbonyl (C=O) groups excluding carboxylic acids is 1. The van der Waals surface area contributed by atoms with Gasteiger partial charge in [-0.15, -0.1) is 5.10 Å². The van der Waals surface area contributed by atoms with Gasteiger partial charge in [-0.1, -0.05) is 6.92 Å². The summed E-state index contributed by atoms with van der Waals surface area (Å²) in [6, 6.07) is 3.32. The van der Waals surface area contributed by atoms with Gasteiger partial charge in [-0.05, 0) is 6.07 Å². The zero-order chi connectivity index (χ0) is 14.7. The molecule has 0 unspecified atom stereocenters. The summed E-state index contributed by atoms with van der Waals surface area (Å²) in [7, 11) is 0. The van der Waals surface area contributed by atoms with Crippen LogP contribution in [0, 0.1) is 10.1 Å². The quantitative estimate of drug-likeness (QED) is 0.437. The second-order valence-corrected chi connectivity index (χ2v) is 3.87. The summed E-state index contributed by atoms with van der Waals surface area (Å²) in [5, 5.41) is 28.8. The minimum absolute atomic E-state index is 0.0768. The summed E-state index contributed by atoms with van der Waals surface area (Å²) in [6.07, 6.45) is 0.586. The van der Waals surface area contributed by atoms with E-state index in [1.54, 1.807) is 0 Å². The molecule has 104 valence electrons. The van der Waals surface area contributed by atoms with Crippen LogP contribution in [0.3, 0.4) is 0 Å². The number of aromatic hydroxyl groups is 1. The predicted octanol–water partition coefficient (Wildman–Crippen LogP) is 1.23. The molecule has 1 aromatic heterocycles. The summed E-state index contributed by atoms with van der Waals surface area (Å²) in [5.41, 5.74) is -0.325. The third-order valence-corrected chi connectivity index (χ3v) is 2.51. The highest BCUT2D eigenvalue weighted by atomic mass is 16.6. The standard InChI is InChI=1S/C11H11N5O4/c1-2-9-13-10(15-14-9)11(18)12-7-5-6(16(19)20)3-4-8(7)17/h3-5,17H,2H2,1H3,(H,12,18)(H,13,14,15). The van der Waals surface area contributed by atoms with E-state index in [-0.39, 0.29) is 22.9 Å². The van der Waals surface area contributed by atoms with Crippen LogP contribution in [0.1, 0.15) is 23.4 Å². The average Bonchev–Trinajstić information content (AvgIpc) is 2.89. The average molecular weight is 277 g/mol. The van der Waals surface area contributed by atoms with E-state index in [0.29, 0.717) is 12.2 Å². The van der Waals surface area contributed by atoms with Gasteiger partial charge in [0.05, 0.1) is 10.6 Å². The van der Waals surface area contributed by atoms with E-state index in [1.807, 2.05) is 6.92 Å². The number of aromatic amines is 1. The fraction of sp³-hybridized carbons (Fsp3) is 0.182. The highest BCUT2D eigenvalue weighted by Crippen LogP contribution is 2.27. The zero-order valence-electron chi connectivity index (χ0n) is 10.5. The largest absolute Gasteiger partial charge is 0.506 e. The highest BCUT2D eigenvalue weighted by Gasteiger charge is 2.16. The Labute approximate surface area is 112 Å². The number of non-ortho nitro benzene ring substituents is 1. The molecular weight excluding hydrogens is 266 g/mol. The number of phenolic OH excluding ortho intramolecular Hbond substituents is 1. The van der Waals surface area contributed by atoms with E-state index in [9.17, 15) is 20.0 Å². The fourth-order valence-electron chi connectivity index (χ4n) is 1.47. The Morgan fingerprint density at radius 2 is 2.30 bits per heavy atom. The van der Waals surface area contributed by atoms with Crippen molar-refractivity contribution in [1.82, 2.24) is 15.2 Å². The number of nitrogens with zero attached hydrogens (tertiary/aromatic N) is 3. The molecule has 0 saturated carbocycles. The molecule has 0 aliphatic carbocycles. The van der Waals surface area contributed by atoms with E-state index < -0.39 is 10.8 Å². The Balaban J connectivity index is 2.22. The fourth-order valence-corrected chi connectivity index (χ4v) is 1.47. The predicted molar refractivity (Wildman–Crippen MR) is 68.5 cm³/mol. The van der Waals surface area contributed by atoms with E-state index in [2.05, 4.69) is 20.5 Å². The van der Waals surface area contributed by atoms with E-state index in [4.69, 9.17) is 0 Å². The van der Waals surface area contributed by atoms with Crippen molar-refractivity contribution in [3.63, 3.8) is 0 Å². The monoisotopic (exact) mass is 277 g/mol. The summed E-state index contributed by atoms with van der Waals surface area (Å²) >= 11 is 0. The second-order valence-electron chi connectivity index (χ2n) is 3.87. The van der Waals surface area contributed by atoms with Crippen molar-refractivity contribution in [2.75, 3.05) is 5.32 Å². The molecule has 9 nitrogen and oxygen atoms in total. The molecule has 9 heteroatoms. The summed E-state index contributed by atoms with van der Waals surface area (Å²) < 4.78 is 0. The molecule has 2 rings (SSSR count). The molecule has 0 bridgehead atoms. The number of carbonyl (C=O) groups is 1. The van der Waals surface area contributed by atoms with Gasteiger partial charge in [-0.2, -0.15) is 0 Å². The van der Waals surface area contributed by atoms with Crippen molar-refractivity contribution in [3.8, 4) is 5.75 Å². The number of phenols is 1. The van der Waals surface area contributed by atoms with Crippen LogP contribution in [0.4, 0.5) is 11.4 Å². The summed E-state index contributed by atoms with van der Waals surface area (Å²) in [4.78, 5) is 25.8. The van der Waals surface area contributed by atoms with Gasteiger partial charge in [0.15, 0.2) is 0 Å². The lowest BCUT2D eigenvalue weighted by molar-refractivity contribution is -0.384. The highest BCUT2D eigenvalue weighted by molar-refractivity contribution is 6.02. The van der Waals surface area contributed by atoms with Gasteiger partial charge in [0.2, 0.25) is 5.82 Å². The van der Waals surface area contributed by atoms with Crippen LogP contribution in [0.15, 0.2) is 18.2 Å². The first-order chi connectivity index (χ1) is 9.51. The maximum absolute atomic E-state index is 11.8. The maximum Gasteiger partial charge on any atom is 0.295 e. The number of amides is 1. The van der Waals surface area contributed by atoms with Crippen molar-refractivity contribution in [1.29, 1.82) is 0 Å². The third-order valence-electron chi connectivity index (χ3n) is 2.51. The number of hydrogen-bond acceptors (Lipinski definition) is 6. The number of anilines is 1. The smallest absolute Gasteiger partial charge is 0.295 e. The van der Waals surface area contributed by atoms with Crippen LogP contribution >= 0.6 is 0 Å². The zero-order valence-corrected chi connectivity index (χ0v) is 10.5. The number of aromatic nitrogens is 3. The molecule has 2 aromatic rings. The van der Waals surface area contributed by atoms with E-state index in [0.717, 1.165) is 18.2 Å². The first kappa shape index (κ1) is 13.5. The van der Waals surface area contributed by atoms with Crippen LogP contribution < -0.4 is 5.32 Å². The number of nitro groups is 1. The third kappa shape index (κ3) is 2.71. The lowest BCUT2D eigenvalue weighted by Crippen LogP contribution is -2.14. The van der Waals surface area contributed by atoms with Crippen molar-refractivity contribution in [2.24, 2.45) is 0 Å². The lowest BCUT2D eigenvalue weighted by atomic mass is 10.2. The Bertz CT molecular complexity index is 667.